The molecule has 1 amide bonds. The van der Waals surface area contributed by atoms with Gasteiger partial charge in [-0.2, -0.15) is 0 Å². The van der Waals surface area contributed by atoms with Crippen molar-refractivity contribution in [1.82, 2.24) is 0 Å². The molecule has 0 saturated carbocycles. The lowest BCUT2D eigenvalue weighted by molar-refractivity contribution is 0.0999. The normalized spacial score (nSPS) is 10.3. The largest absolute Gasteiger partial charge is 0.490 e. The van der Waals surface area contributed by atoms with E-state index in [9.17, 15) is 4.79 Å². The highest BCUT2D eigenvalue weighted by Gasteiger charge is 2.14. The van der Waals surface area contributed by atoms with Crippen LogP contribution in [0.5, 0.6) is 11.5 Å². The summed E-state index contributed by atoms with van der Waals surface area (Å²) in [5.41, 5.74) is 6.71. The zero-order valence-electron chi connectivity index (χ0n) is 11.9. The molecule has 4 nitrogen and oxygen atoms in total. The van der Waals surface area contributed by atoms with Crippen LogP contribution in [0.4, 0.5) is 0 Å². The molecule has 0 radical (unpaired) electrons. The SMILES string of the molecule is CCOc1cc(C(N)=O)cc(I)c1OCc1ccc(Cl)cc1. The van der Waals surface area contributed by atoms with Gasteiger partial charge in [0.2, 0.25) is 5.91 Å². The first-order valence-electron chi connectivity index (χ1n) is 6.64. The Balaban J connectivity index is 2.25. The van der Waals surface area contributed by atoms with Gasteiger partial charge in [-0.1, -0.05) is 23.7 Å². The fourth-order valence-electron chi connectivity index (χ4n) is 1.85. The number of hydrogen-bond donors (Lipinski definition) is 1. The molecule has 0 heterocycles. The predicted octanol–water partition coefficient (Wildman–Crippen LogP) is 4.02. The first kappa shape index (κ1) is 16.9. The van der Waals surface area contributed by atoms with Gasteiger partial charge in [-0.25, -0.2) is 0 Å². The Bertz CT molecular complexity index is 674. The van der Waals surface area contributed by atoms with Crippen molar-refractivity contribution >= 4 is 40.1 Å². The Labute approximate surface area is 147 Å². The molecule has 0 aliphatic carbocycles. The number of halogens is 2. The summed E-state index contributed by atoms with van der Waals surface area (Å²) in [6.07, 6.45) is 0. The molecular formula is C16H15ClINO3. The van der Waals surface area contributed by atoms with E-state index < -0.39 is 5.91 Å². The van der Waals surface area contributed by atoms with E-state index in [2.05, 4.69) is 22.6 Å². The molecule has 6 heteroatoms. The van der Waals surface area contributed by atoms with Crippen molar-refractivity contribution in [1.29, 1.82) is 0 Å². The van der Waals surface area contributed by atoms with Crippen molar-refractivity contribution < 1.29 is 14.3 Å². The Kier molecular flexibility index (Phi) is 5.90. The molecule has 0 bridgehead atoms. The van der Waals surface area contributed by atoms with E-state index in [1.807, 2.05) is 31.2 Å². The molecule has 2 rings (SSSR count). The van der Waals surface area contributed by atoms with Gasteiger partial charge >= 0.3 is 0 Å². The quantitative estimate of drug-likeness (QED) is 0.703. The van der Waals surface area contributed by atoms with Gasteiger partial charge in [0.1, 0.15) is 6.61 Å². The van der Waals surface area contributed by atoms with Crippen molar-refractivity contribution in [3.05, 3.63) is 56.1 Å². The van der Waals surface area contributed by atoms with Crippen LogP contribution in [0.15, 0.2) is 36.4 Å². The van der Waals surface area contributed by atoms with Crippen molar-refractivity contribution in [2.45, 2.75) is 13.5 Å². The van der Waals surface area contributed by atoms with Crippen LogP contribution in [0.3, 0.4) is 0 Å². The van der Waals surface area contributed by atoms with Crippen LogP contribution in [-0.2, 0) is 6.61 Å². The molecule has 22 heavy (non-hydrogen) atoms. The second-order valence-electron chi connectivity index (χ2n) is 4.50. The fourth-order valence-corrected chi connectivity index (χ4v) is 2.73. The molecule has 0 spiro atoms. The van der Waals surface area contributed by atoms with Crippen molar-refractivity contribution in [2.75, 3.05) is 6.61 Å². The third-order valence-electron chi connectivity index (χ3n) is 2.89. The number of amides is 1. The zero-order valence-corrected chi connectivity index (χ0v) is 14.8. The molecule has 2 N–H and O–H groups in total. The monoisotopic (exact) mass is 431 g/mol. The van der Waals surface area contributed by atoms with Gasteiger partial charge < -0.3 is 15.2 Å². The average Bonchev–Trinajstić information content (AvgIpc) is 2.48. The third kappa shape index (κ3) is 4.27. The molecule has 0 fully saturated rings. The van der Waals surface area contributed by atoms with Crippen LogP contribution in [0, 0.1) is 3.57 Å². The first-order valence-corrected chi connectivity index (χ1v) is 8.10. The lowest BCUT2D eigenvalue weighted by Gasteiger charge is -2.15. The summed E-state index contributed by atoms with van der Waals surface area (Å²) in [4.78, 5) is 11.3. The van der Waals surface area contributed by atoms with Crippen LogP contribution >= 0.6 is 34.2 Å². The lowest BCUT2D eigenvalue weighted by atomic mass is 10.2. The highest BCUT2D eigenvalue weighted by atomic mass is 127. The fraction of sp³-hybridized carbons (Fsp3) is 0.188. The van der Waals surface area contributed by atoms with E-state index >= 15 is 0 Å². The van der Waals surface area contributed by atoms with Crippen LogP contribution in [0.2, 0.25) is 5.02 Å². The molecule has 0 aliphatic rings. The van der Waals surface area contributed by atoms with Gasteiger partial charge in [0.05, 0.1) is 10.2 Å². The minimum absolute atomic E-state index is 0.378. The first-order chi connectivity index (χ1) is 10.5. The highest BCUT2D eigenvalue weighted by molar-refractivity contribution is 14.1. The molecule has 2 aromatic rings. The average molecular weight is 432 g/mol. The second kappa shape index (κ2) is 7.69. The lowest BCUT2D eigenvalue weighted by Crippen LogP contribution is -2.12. The molecule has 0 saturated heterocycles. The van der Waals surface area contributed by atoms with Crippen LogP contribution in [0.25, 0.3) is 0 Å². The summed E-state index contributed by atoms with van der Waals surface area (Å²) in [6, 6.07) is 10.7. The van der Waals surface area contributed by atoms with Crippen LogP contribution in [-0.4, -0.2) is 12.5 Å². The minimum atomic E-state index is -0.497. The molecular weight excluding hydrogens is 417 g/mol. The highest BCUT2D eigenvalue weighted by Crippen LogP contribution is 2.34. The topological polar surface area (TPSA) is 61.5 Å². The van der Waals surface area contributed by atoms with Gasteiger partial charge in [-0.3, -0.25) is 4.79 Å². The Morgan fingerprint density at radius 2 is 1.91 bits per heavy atom. The minimum Gasteiger partial charge on any atom is -0.490 e. The number of ether oxygens (including phenoxy) is 2. The van der Waals surface area contributed by atoms with E-state index in [-0.39, 0.29) is 0 Å². The number of carbonyl (C=O) groups excluding carboxylic acids is 1. The van der Waals surface area contributed by atoms with Crippen molar-refractivity contribution in [3.8, 4) is 11.5 Å². The molecule has 0 aromatic heterocycles. The predicted molar refractivity (Wildman–Crippen MR) is 94.6 cm³/mol. The smallest absolute Gasteiger partial charge is 0.248 e. The number of rotatable bonds is 6. The van der Waals surface area contributed by atoms with Gasteiger partial charge in [0.15, 0.2) is 11.5 Å². The summed E-state index contributed by atoms with van der Waals surface area (Å²) in [7, 11) is 0. The Morgan fingerprint density at radius 3 is 2.50 bits per heavy atom. The summed E-state index contributed by atoms with van der Waals surface area (Å²) in [6.45, 7) is 2.71. The van der Waals surface area contributed by atoms with Gasteiger partial charge in [-0.15, -0.1) is 0 Å². The second-order valence-corrected chi connectivity index (χ2v) is 6.10. The number of carbonyl (C=O) groups is 1. The molecule has 0 unspecified atom stereocenters. The molecule has 0 aliphatic heterocycles. The Morgan fingerprint density at radius 1 is 1.23 bits per heavy atom. The summed E-state index contributed by atoms with van der Waals surface area (Å²) in [5.74, 6) is 0.614. The molecule has 2 aromatic carbocycles. The van der Waals surface area contributed by atoms with Gasteiger partial charge in [0, 0.05) is 10.6 Å². The van der Waals surface area contributed by atoms with E-state index in [0.717, 1.165) is 9.13 Å². The molecule has 116 valence electrons. The number of primary amides is 1. The summed E-state index contributed by atoms with van der Waals surface area (Å²) < 4.78 is 12.2. The van der Waals surface area contributed by atoms with E-state index in [1.54, 1.807) is 12.1 Å². The maximum atomic E-state index is 11.3. The summed E-state index contributed by atoms with van der Waals surface area (Å²) >= 11 is 7.96. The maximum Gasteiger partial charge on any atom is 0.248 e. The Hall–Kier alpha value is -1.47. The van der Waals surface area contributed by atoms with Gasteiger partial charge in [-0.05, 0) is 59.3 Å². The van der Waals surface area contributed by atoms with E-state index in [0.29, 0.717) is 35.3 Å². The summed E-state index contributed by atoms with van der Waals surface area (Å²) in [5, 5.41) is 0.680. The standard InChI is InChI=1S/C16H15ClINO3/c1-2-21-14-8-11(16(19)20)7-13(18)15(14)22-9-10-3-5-12(17)6-4-10/h3-8H,2,9H2,1H3,(H2,19,20). The van der Waals surface area contributed by atoms with E-state index in [4.69, 9.17) is 26.8 Å². The zero-order chi connectivity index (χ0) is 16.1. The van der Waals surface area contributed by atoms with Crippen molar-refractivity contribution in [2.24, 2.45) is 5.73 Å². The number of hydrogen-bond acceptors (Lipinski definition) is 3. The number of nitrogens with two attached hydrogens (primary N) is 1. The molecule has 0 atom stereocenters. The van der Waals surface area contributed by atoms with Crippen molar-refractivity contribution in [3.63, 3.8) is 0 Å². The third-order valence-corrected chi connectivity index (χ3v) is 3.94. The number of benzene rings is 2. The maximum absolute atomic E-state index is 11.3. The van der Waals surface area contributed by atoms with Gasteiger partial charge in [0.25, 0.3) is 0 Å². The van der Waals surface area contributed by atoms with Crippen LogP contribution < -0.4 is 15.2 Å². The van der Waals surface area contributed by atoms with E-state index in [1.165, 1.54) is 0 Å². The van der Waals surface area contributed by atoms with Crippen LogP contribution in [0.1, 0.15) is 22.8 Å².